The number of para-hydroxylation sites is 1. The van der Waals surface area contributed by atoms with E-state index in [1.165, 1.54) is 5.56 Å². The third-order valence-electron chi connectivity index (χ3n) is 4.06. The molecule has 0 radical (unpaired) electrons. The fourth-order valence-corrected chi connectivity index (χ4v) is 3.21. The van der Waals surface area contributed by atoms with Crippen LogP contribution in [0.2, 0.25) is 0 Å². The maximum Gasteiger partial charge on any atom is 0.132 e. The molecule has 0 spiro atoms. The molecule has 1 aliphatic rings. The minimum atomic E-state index is 0.0456. The molecule has 3 nitrogen and oxygen atoms in total. The van der Waals surface area contributed by atoms with Gasteiger partial charge >= 0.3 is 0 Å². The topological polar surface area (TPSA) is 29.5 Å². The van der Waals surface area contributed by atoms with Crippen LogP contribution in [0.15, 0.2) is 24.3 Å². The van der Waals surface area contributed by atoms with Crippen LogP contribution in [0.1, 0.15) is 31.2 Å². The largest absolute Gasteiger partial charge is 0.496 e. The highest BCUT2D eigenvalue weighted by Gasteiger charge is 2.38. The summed E-state index contributed by atoms with van der Waals surface area (Å²) in [6.07, 6.45) is 3.21. The number of carbonyl (C=O) groups excluding carboxylic acids is 1. The van der Waals surface area contributed by atoms with E-state index in [-0.39, 0.29) is 5.41 Å². The van der Waals surface area contributed by atoms with Gasteiger partial charge in [0, 0.05) is 30.4 Å². The number of hydrogen-bond donors (Lipinski definition) is 0. The number of ketones is 1. The van der Waals surface area contributed by atoms with Gasteiger partial charge in [-0.25, -0.2) is 0 Å². The lowest BCUT2D eigenvalue weighted by Crippen LogP contribution is -2.41. The summed E-state index contributed by atoms with van der Waals surface area (Å²) in [7, 11) is 5.90. The van der Waals surface area contributed by atoms with Crippen molar-refractivity contribution in [1.29, 1.82) is 0 Å². The molecule has 1 fully saturated rings. The molecular formula is C16H23NO2. The highest BCUT2D eigenvalue weighted by Crippen LogP contribution is 2.42. The van der Waals surface area contributed by atoms with Crippen LogP contribution in [0, 0.1) is 0 Å². The van der Waals surface area contributed by atoms with Crippen LogP contribution in [-0.2, 0) is 10.2 Å². The van der Waals surface area contributed by atoms with Crippen molar-refractivity contribution in [2.75, 3.05) is 27.7 Å². The molecule has 0 aromatic heterocycles. The van der Waals surface area contributed by atoms with Crippen molar-refractivity contribution in [3.05, 3.63) is 29.8 Å². The van der Waals surface area contributed by atoms with Gasteiger partial charge in [0.05, 0.1) is 7.11 Å². The molecule has 2 rings (SSSR count). The first kappa shape index (κ1) is 14.1. The molecule has 104 valence electrons. The van der Waals surface area contributed by atoms with Crippen LogP contribution in [0.3, 0.4) is 0 Å². The molecule has 1 saturated carbocycles. The van der Waals surface area contributed by atoms with E-state index in [0.717, 1.165) is 25.1 Å². The summed E-state index contributed by atoms with van der Waals surface area (Å²) in [6.45, 7) is 0.959. The molecule has 0 amide bonds. The molecule has 1 aromatic carbocycles. The third kappa shape index (κ3) is 2.98. The molecule has 0 bridgehead atoms. The Hall–Kier alpha value is -1.35. The van der Waals surface area contributed by atoms with Crippen molar-refractivity contribution in [3.8, 4) is 5.75 Å². The van der Waals surface area contributed by atoms with E-state index in [9.17, 15) is 4.79 Å². The average molecular weight is 261 g/mol. The fraction of sp³-hybridized carbons (Fsp3) is 0.562. The van der Waals surface area contributed by atoms with Crippen LogP contribution in [0.4, 0.5) is 0 Å². The Morgan fingerprint density at radius 2 is 1.84 bits per heavy atom. The van der Waals surface area contributed by atoms with Gasteiger partial charge in [0.2, 0.25) is 0 Å². The van der Waals surface area contributed by atoms with Crippen molar-refractivity contribution in [3.63, 3.8) is 0 Å². The van der Waals surface area contributed by atoms with Gasteiger partial charge in [-0.05, 0) is 33.0 Å². The highest BCUT2D eigenvalue weighted by molar-refractivity contribution is 5.79. The Morgan fingerprint density at radius 1 is 1.21 bits per heavy atom. The Morgan fingerprint density at radius 3 is 2.42 bits per heavy atom. The Kier molecular flexibility index (Phi) is 4.25. The van der Waals surface area contributed by atoms with E-state index in [0.29, 0.717) is 18.6 Å². The molecule has 0 saturated heterocycles. The molecule has 1 aromatic rings. The number of ether oxygens (including phenoxy) is 1. The average Bonchev–Trinajstić information content (AvgIpc) is 2.41. The molecular weight excluding hydrogens is 238 g/mol. The molecule has 0 N–H and O–H groups in total. The molecule has 19 heavy (non-hydrogen) atoms. The van der Waals surface area contributed by atoms with E-state index >= 15 is 0 Å². The van der Waals surface area contributed by atoms with Crippen molar-refractivity contribution in [1.82, 2.24) is 4.90 Å². The van der Waals surface area contributed by atoms with Gasteiger partial charge in [0.25, 0.3) is 0 Å². The number of methoxy groups -OCH3 is 1. The monoisotopic (exact) mass is 261 g/mol. The van der Waals surface area contributed by atoms with Gasteiger partial charge < -0.3 is 9.64 Å². The number of benzene rings is 1. The van der Waals surface area contributed by atoms with Gasteiger partial charge in [0.1, 0.15) is 11.5 Å². The van der Waals surface area contributed by atoms with E-state index in [4.69, 9.17) is 4.74 Å². The van der Waals surface area contributed by atoms with Gasteiger partial charge in [-0.2, -0.15) is 0 Å². The summed E-state index contributed by atoms with van der Waals surface area (Å²) < 4.78 is 5.53. The number of carbonyl (C=O) groups is 1. The molecule has 0 unspecified atom stereocenters. The van der Waals surface area contributed by atoms with E-state index in [1.54, 1.807) is 7.11 Å². The predicted octanol–water partition coefficient (Wildman–Crippen LogP) is 2.64. The first-order valence-corrected chi connectivity index (χ1v) is 6.87. The molecule has 3 heteroatoms. The normalized spacial score (nSPS) is 18.6. The zero-order valence-corrected chi connectivity index (χ0v) is 12.1. The zero-order valence-electron chi connectivity index (χ0n) is 12.1. The van der Waals surface area contributed by atoms with E-state index in [1.807, 2.05) is 12.1 Å². The summed E-state index contributed by atoms with van der Waals surface area (Å²) in [5, 5.41) is 0. The first-order chi connectivity index (χ1) is 9.07. The maximum atomic E-state index is 11.6. The third-order valence-corrected chi connectivity index (χ3v) is 4.06. The van der Waals surface area contributed by atoms with Crippen LogP contribution >= 0.6 is 0 Å². The van der Waals surface area contributed by atoms with Crippen LogP contribution < -0.4 is 4.74 Å². The van der Waals surface area contributed by atoms with E-state index < -0.39 is 0 Å². The van der Waals surface area contributed by atoms with E-state index in [2.05, 4.69) is 31.1 Å². The smallest absolute Gasteiger partial charge is 0.132 e. The lowest BCUT2D eigenvalue weighted by atomic mass is 9.68. The second-order valence-electron chi connectivity index (χ2n) is 5.76. The van der Waals surface area contributed by atoms with Crippen molar-refractivity contribution >= 4 is 5.78 Å². The quantitative estimate of drug-likeness (QED) is 0.834. The molecule has 0 aliphatic heterocycles. The number of rotatable bonds is 4. The lowest BCUT2D eigenvalue weighted by Gasteiger charge is -2.40. The summed E-state index contributed by atoms with van der Waals surface area (Å²) in [6, 6.07) is 8.23. The summed E-state index contributed by atoms with van der Waals surface area (Å²) in [5.74, 6) is 1.34. The first-order valence-electron chi connectivity index (χ1n) is 6.87. The highest BCUT2D eigenvalue weighted by atomic mass is 16.5. The number of hydrogen-bond acceptors (Lipinski definition) is 3. The van der Waals surface area contributed by atoms with Crippen LogP contribution in [-0.4, -0.2) is 38.4 Å². The molecule has 0 heterocycles. The van der Waals surface area contributed by atoms with Crippen molar-refractivity contribution < 1.29 is 9.53 Å². The van der Waals surface area contributed by atoms with Gasteiger partial charge in [0.15, 0.2) is 0 Å². The molecule has 1 aliphatic carbocycles. The number of likely N-dealkylation sites (N-methyl/N-ethyl adjacent to an activating group) is 1. The minimum Gasteiger partial charge on any atom is -0.496 e. The second-order valence-corrected chi connectivity index (χ2v) is 5.76. The van der Waals surface area contributed by atoms with Crippen molar-refractivity contribution in [2.45, 2.75) is 31.1 Å². The fourth-order valence-electron chi connectivity index (χ4n) is 3.21. The summed E-state index contributed by atoms with van der Waals surface area (Å²) in [5.41, 5.74) is 1.29. The van der Waals surface area contributed by atoms with Gasteiger partial charge in [-0.3, -0.25) is 4.79 Å². The summed E-state index contributed by atoms with van der Waals surface area (Å²) >= 11 is 0. The van der Waals surface area contributed by atoms with Gasteiger partial charge in [-0.15, -0.1) is 0 Å². The maximum absolute atomic E-state index is 11.6. The Balaban J connectivity index is 2.39. The lowest BCUT2D eigenvalue weighted by molar-refractivity contribution is -0.121. The molecule has 0 atom stereocenters. The standard InChI is InChI=1S/C16H23NO2/c1-17(2)12-16(10-8-13(18)9-11-16)14-6-4-5-7-15(14)19-3/h4-7H,8-12H2,1-3H3. The van der Waals surface area contributed by atoms with Crippen molar-refractivity contribution in [2.24, 2.45) is 0 Å². The summed E-state index contributed by atoms with van der Waals surface area (Å²) in [4.78, 5) is 13.8. The second kappa shape index (κ2) is 5.74. The number of nitrogens with zero attached hydrogens (tertiary/aromatic N) is 1. The number of Topliss-reactive ketones (excluding diaryl/α,β-unsaturated/α-hetero) is 1. The zero-order chi connectivity index (χ0) is 13.9. The Bertz CT molecular complexity index is 444. The van der Waals surface area contributed by atoms with Gasteiger partial charge in [-0.1, -0.05) is 18.2 Å². The SMILES string of the molecule is COc1ccccc1C1(CN(C)C)CCC(=O)CC1. The van der Waals surface area contributed by atoms with Crippen LogP contribution in [0.5, 0.6) is 5.75 Å². The predicted molar refractivity (Wildman–Crippen MR) is 76.7 cm³/mol. The van der Waals surface area contributed by atoms with Crippen LogP contribution in [0.25, 0.3) is 0 Å². The Labute approximate surface area is 115 Å². The minimum absolute atomic E-state index is 0.0456.